The zero-order chi connectivity index (χ0) is 21.2. The number of nitrogens with zero attached hydrogens (tertiary/aromatic N) is 5. The van der Waals surface area contributed by atoms with Crippen LogP contribution in [0.4, 0.5) is 11.6 Å². The van der Waals surface area contributed by atoms with Crippen LogP contribution in [0, 0.1) is 0 Å². The molecule has 3 aliphatic heterocycles. The van der Waals surface area contributed by atoms with Crippen LogP contribution in [-0.4, -0.2) is 73.0 Å². The van der Waals surface area contributed by atoms with Crippen LogP contribution < -0.4 is 19.3 Å². The van der Waals surface area contributed by atoms with Gasteiger partial charge in [0.1, 0.15) is 13.2 Å². The maximum absolute atomic E-state index is 13.1. The maximum Gasteiger partial charge on any atom is 0.257 e. The third-order valence-electron chi connectivity index (χ3n) is 6.42. The Hall–Kier alpha value is -3.03. The van der Waals surface area contributed by atoms with E-state index in [1.54, 1.807) is 0 Å². The van der Waals surface area contributed by atoms with Gasteiger partial charge in [-0.15, -0.1) is 10.2 Å². The summed E-state index contributed by atoms with van der Waals surface area (Å²) in [4.78, 5) is 19.5. The van der Waals surface area contributed by atoms with Gasteiger partial charge in [0.15, 0.2) is 23.1 Å². The van der Waals surface area contributed by atoms with Gasteiger partial charge < -0.3 is 24.2 Å². The van der Waals surface area contributed by atoms with Crippen LogP contribution >= 0.6 is 0 Å². The highest BCUT2D eigenvalue weighted by atomic mass is 16.6. The number of hydrogen-bond acceptors (Lipinski definition) is 7. The highest BCUT2D eigenvalue weighted by Gasteiger charge is 2.28. The van der Waals surface area contributed by atoms with E-state index in [1.807, 2.05) is 23.1 Å². The molecule has 1 aromatic heterocycles. The number of para-hydroxylation sites is 1. The molecule has 3 aliphatic rings. The number of carbonyl (C=O) groups is 1. The van der Waals surface area contributed by atoms with Gasteiger partial charge >= 0.3 is 0 Å². The van der Waals surface area contributed by atoms with Crippen LogP contribution in [0.25, 0.3) is 0 Å². The summed E-state index contributed by atoms with van der Waals surface area (Å²) in [5, 5.41) is 8.99. The first-order chi connectivity index (χ1) is 15.2. The SMILES string of the molecule is CC1CCCCN1c1ccc(N2CCN(C(=O)c3cccc4c3OCCO4)CC2)nn1. The third-order valence-corrected chi connectivity index (χ3v) is 6.42. The molecule has 164 valence electrons. The lowest BCUT2D eigenvalue weighted by molar-refractivity contribution is 0.0736. The Morgan fingerprint density at radius 1 is 0.935 bits per heavy atom. The lowest BCUT2D eigenvalue weighted by Gasteiger charge is -2.36. The van der Waals surface area contributed by atoms with Gasteiger partial charge in [0.25, 0.3) is 5.91 Å². The Balaban J connectivity index is 1.22. The van der Waals surface area contributed by atoms with Gasteiger partial charge in [-0.1, -0.05) is 6.07 Å². The Labute approximate surface area is 182 Å². The zero-order valence-electron chi connectivity index (χ0n) is 18.0. The molecular weight excluding hydrogens is 394 g/mol. The zero-order valence-corrected chi connectivity index (χ0v) is 18.0. The molecule has 0 N–H and O–H groups in total. The molecule has 2 saturated heterocycles. The normalized spacial score (nSPS) is 21.2. The second-order valence-electron chi connectivity index (χ2n) is 8.40. The minimum Gasteiger partial charge on any atom is -0.486 e. The molecule has 2 fully saturated rings. The largest absolute Gasteiger partial charge is 0.486 e. The summed E-state index contributed by atoms with van der Waals surface area (Å²) in [5.41, 5.74) is 0.574. The quantitative estimate of drug-likeness (QED) is 0.751. The summed E-state index contributed by atoms with van der Waals surface area (Å²) in [6, 6.07) is 10.2. The minimum absolute atomic E-state index is 0.0116. The standard InChI is InChI=1S/C23H29N5O3/c1-17-5-2-3-10-28(17)21-9-8-20(24-25-21)26-11-13-27(14-12-26)23(29)18-6-4-7-19-22(18)31-16-15-30-19/h4,6-9,17H,2-3,5,10-16H2,1H3. The molecule has 1 aromatic carbocycles. The summed E-state index contributed by atoms with van der Waals surface area (Å²) in [6.45, 7) is 7.01. The number of piperidine rings is 1. The van der Waals surface area contributed by atoms with Crippen molar-refractivity contribution in [3.05, 3.63) is 35.9 Å². The molecule has 0 spiro atoms. The van der Waals surface area contributed by atoms with Crippen molar-refractivity contribution in [3.63, 3.8) is 0 Å². The van der Waals surface area contributed by atoms with E-state index in [1.165, 1.54) is 19.3 Å². The number of benzene rings is 1. The van der Waals surface area contributed by atoms with Gasteiger partial charge in [-0.05, 0) is 50.5 Å². The molecule has 0 bridgehead atoms. The number of amides is 1. The van der Waals surface area contributed by atoms with Gasteiger partial charge in [0, 0.05) is 38.8 Å². The lowest BCUT2D eigenvalue weighted by atomic mass is 10.0. The summed E-state index contributed by atoms with van der Waals surface area (Å²) in [6.07, 6.45) is 3.71. The van der Waals surface area contributed by atoms with E-state index in [4.69, 9.17) is 9.47 Å². The van der Waals surface area contributed by atoms with Crippen molar-refractivity contribution in [3.8, 4) is 11.5 Å². The molecule has 2 aromatic rings. The number of piperazine rings is 1. The van der Waals surface area contributed by atoms with E-state index < -0.39 is 0 Å². The van der Waals surface area contributed by atoms with Crippen molar-refractivity contribution in [1.82, 2.24) is 15.1 Å². The van der Waals surface area contributed by atoms with Gasteiger partial charge in [-0.25, -0.2) is 0 Å². The number of carbonyl (C=O) groups excluding carboxylic acids is 1. The topological polar surface area (TPSA) is 71.0 Å². The number of fused-ring (bicyclic) bond motifs is 1. The molecule has 0 radical (unpaired) electrons. The summed E-state index contributed by atoms with van der Waals surface area (Å²) in [7, 11) is 0. The first kappa shape index (κ1) is 19.9. The van der Waals surface area contributed by atoms with Gasteiger partial charge in [0.2, 0.25) is 0 Å². The Bertz CT molecular complexity index is 927. The van der Waals surface area contributed by atoms with Crippen LogP contribution in [0.1, 0.15) is 36.5 Å². The first-order valence-electron chi connectivity index (χ1n) is 11.2. The van der Waals surface area contributed by atoms with Crippen molar-refractivity contribution in [2.45, 2.75) is 32.2 Å². The van der Waals surface area contributed by atoms with Crippen molar-refractivity contribution < 1.29 is 14.3 Å². The number of ether oxygens (including phenoxy) is 2. The highest BCUT2D eigenvalue weighted by molar-refractivity contribution is 5.98. The predicted octanol–water partition coefficient (Wildman–Crippen LogP) is 2.59. The predicted molar refractivity (Wildman–Crippen MR) is 118 cm³/mol. The van der Waals surface area contributed by atoms with E-state index in [9.17, 15) is 4.79 Å². The molecule has 0 saturated carbocycles. The van der Waals surface area contributed by atoms with Crippen LogP contribution in [0.2, 0.25) is 0 Å². The van der Waals surface area contributed by atoms with Crippen molar-refractivity contribution in [1.29, 1.82) is 0 Å². The Morgan fingerprint density at radius 3 is 2.48 bits per heavy atom. The van der Waals surface area contributed by atoms with Gasteiger partial charge in [0.05, 0.1) is 5.56 Å². The molecule has 4 heterocycles. The van der Waals surface area contributed by atoms with E-state index in [0.29, 0.717) is 49.4 Å². The lowest BCUT2D eigenvalue weighted by Crippen LogP contribution is -2.49. The highest BCUT2D eigenvalue weighted by Crippen LogP contribution is 2.34. The molecule has 1 amide bonds. The van der Waals surface area contributed by atoms with E-state index >= 15 is 0 Å². The first-order valence-corrected chi connectivity index (χ1v) is 11.2. The van der Waals surface area contributed by atoms with Crippen molar-refractivity contribution in [2.75, 3.05) is 55.7 Å². The van der Waals surface area contributed by atoms with Crippen LogP contribution in [0.3, 0.4) is 0 Å². The van der Waals surface area contributed by atoms with Gasteiger partial charge in [-0.2, -0.15) is 0 Å². The molecular formula is C23H29N5O3. The maximum atomic E-state index is 13.1. The van der Waals surface area contributed by atoms with Crippen molar-refractivity contribution >= 4 is 17.5 Å². The van der Waals surface area contributed by atoms with Crippen LogP contribution in [0.15, 0.2) is 30.3 Å². The van der Waals surface area contributed by atoms with Gasteiger partial charge in [-0.3, -0.25) is 4.79 Å². The number of aromatic nitrogens is 2. The minimum atomic E-state index is -0.0116. The summed E-state index contributed by atoms with van der Waals surface area (Å²) >= 11 is 0. The Kier molecular flexibility index (Phi) is 5.53. The average molecular weight is 424 g/mol. The molecule has 1 unspecified atom stereocenters. The fraction of sp³-hybridized carbons (Fsp3) is 0.522. The molecule has 31 heavy (non-hydrogen) atoms. The third kappa shape index (κ3) is 3.98. The second-order valence-corrected chi connectivity index (χ2v) is 8.40. The second kappa shape index (κ2) is 8.61. The number of rotatable bonds is 3. The molecule has 1 atom stereocenters. The van der Waals surface area contributed by atoms with Crippen LogP contribution in [-0.2, 0) is 0 Å². The number of hydrogen-bond donors (Lipinski definition) is 0. The Morgan fingerprint density at radius 2 is 1.71 bits per heavy atom. The molecule has 8 nitrogen and oxygen atoms in total. The van der Waals surface area contributed by atoms with Crippen molar-refractivity contribution in [2.24, 2.45) is 0 Å². The molecule has 0 aliphatic carbocycles. The fourth-order valence-corrected chi connectivity index (χ4v) is 4.63. The number of anilines is 2. The van der Waals surface area contributed by atoms with E-state index in [2.05, 4.69) is 39.1 Å². The fourth-order valence-electron chi connectivity index (χ4n) is 4.63. The molecule has 8 heteroatoms. The monoisotopic (exact) mass is 423 g/mol. The van der Waals surface area contributed by atoms with Crippen LogP contribution in [0.5, 0.6) is 11.5 Å². The summed E-state index contributed by atoms with van der Waals surface area (Å²) in [5.74, 6) is 3.03. The average Bonchev–Trinajstić information content (AvgIpc) is 2.84. The smallest absolute Gasteiger partial charge is 0.257 e. The molecule has 5 rings (SSSR count). The van der Waals surface area contributed by atoms with E-state index in [0.717, 1.165) is 31.3 Å². The van der Waals surface area contributed by atoms with E-state index in [-0.39, 0.29) is 5.91 Å². The summed E-state index contributed by atoms with van der Waals surface area (Å²) < 4.78 is 11.3.